The van der Waals surface area contributed by atoms with Crippen molar-refractivity contribution in [3.63, 3.8) is 0 Å². The van der Waals surface area contributed by atoms with Gasteiger partial charge in [0, 0.05) is 17.7 Å². The number of hydrogen-bond acceptors (Lipinski definition) is 5. The summed E-state index contributed by atoms with van der Waals surface area (Å²) in [6.07, 6.45) is 3.52. The fourth-order valence-electron chi connectivity index (χ4n) is 2.30. The van der Waals surface area contributed by atoms with Crippen molar-refractivity contribution in [2.45, 2.75) is 13.3 Å². The summed E-state index contributed by atoms with van der Waals surface area (Å²) in [5.41, 5.74) is 3.02. The van der Waals surface area contributed by atoms with Gasteiger partial charge in [-0.2, -0.15) is 0 Å². The number of hydrogen-bond donors (Lipinski definition) is 0. The molecule has 0 spiro atoms. The normalized spacial score (nSPS) is 11.1. The lowest BCUT2D eigenvalue weighted by atomic mass is 10.1. The summed E-state index contributed by atoms with van der Waals surface area (Å²) in [7, 11) is 0. The standard InChI is InChI=1S/C20H17NO4/c1-2-14-7-9-15(10-8-14)17(22)13-24-20(23)12-11-19-21-16-5-3-4-6-18(16)25-19/h3-12H,2,13H2,1H3/b12-11+. The van der Waals surface area contributed by atoms with Gasteiger partial charge in [0.2, 0.25) is 5.89 Å². The Morgan fingerprint density at radius 3 is 2.60 bits per heavy atom. The predicted molar refractivity (Wildman–Crippen MR) is 94.2 cm³/mol. The number of ketones is 1. The van der Waals surface area contributed by atoms with Crippen LogP contribution in [-0.4, -0.2) is 23.3 Å². The summed E-state index contributed by atoms with van der Waals surface area (Å²) in [4.78, 5) is 28.0. The maximum absolute atomic E-state index is 12.0. The SMILES string of the molecule is CCc1ccc(C(=O)COC(=O)/C=C/c2nc3ccccc3o2)cc1. The van der Waals surface area contributed by atoms with E-state index in [0.29, 0.717) is 22.6 Å². The summed E-state index contributed by atoms with van der Waals surface area (Å²) < 4.78 is 10.4. The van der Waals surface area contributed by atoms with Gasteiger partial charge in [-0.05, 0) is 24.1 Å². The highest BCUT2D eigenvalue weighted by molar-refractivity contribution is 5.98. The molecule has 0 unspecified atom stereocenters. The molecule has 126 valence electrons. The zero-order valence-corrected chi connectivity index (χ0v) is 13.8. The van der Waals surface area contributed by atoms with Crippen molar-refractivity contribution in [2.75, 3.05) is 6.61 Å². The van der Waals surface area contributed by atoms with Crippen LogP contribution in [0.2, 0.25) is 0 Å². The van der Waals surface area contributed by atoms with Crippen molar-refractivity contribution in [2.24, 2.45) is 0 Å². The monoisotopic (exact) mass is 335 g/mol. The molecule has 0 aliphatic rings. The molecule has 0 radical (unpaired) electrons. The first-order valence-electron chi connectivity index (χ1n) is 7.98. The van der Waals surface area contributed by atoms with E-state index < -0.39 is 5.97 Å². The molecule has 0 saturated carbocycles. The van der Waals surface area contributed by atoms with Crippen LogP contribution in [0.4, 0.5) is 0 Å². The Bertz CT molecular complexity index is 889. The lowest BCUT2D eigenvalue weighted by Gasteiger charge is -2.03. The van der Waals surface area contributed by atoms with E-state index in [1.807, 2.05) is 37.3 Å². The molecule has 1 heterocycles. The van der Waals surface area contributed by atoms with Gasteiger partial charge in [0.25, 0.3) is 0 Å². The Labute approximate surface area is 144 Å². The van der Waals surface area contributed by atoms with E-state index in [-0.39, 0.29) is 12.4 Å². The second kappa shape index (κ2) is 7.57. The molecule has 0 N–H and O–H groups in total. The fraction of sp³-hybridized carbons (Fsp3) is 0.150. The number of nitrogens with zero attached hydrogens (tertiary/aromatic N) is 1. The van der Waals surface area contributed by atoms with Crippen molar-refractivity contribution < 1.29 is 18.7 Å². The smallest absolute Gasteiger partial charge is 0.331 e. The number of rotatable bonds is 6. The minimum Gasteiger partial charge on any atom is -0.454 e. The van der Waals surface area contributed by atoms with Gasteiger partial charge in [0.05, 0.1) is 0 Å². The van der Waals surface area contributed by atoms with Crippen molar-refractivity contribution in [3.05, 3.63) is 71.6 Å². The van der Waals surface area contributed by atoms with E-state index >= 15 is 0 Å². The molecular weight excluding hydrogens is 318 g/mol. The number of benzene rings is 2. The van der Waals surface area contributed by atoms with Crippen LogP contribution in [-0.2, 0) is 16.0 Å². The van der Waals surface area contributed by atoms with Crippen molar-refractivity contribution in [1.82, 2.24) is 4.98 Å². The minimum absolute atomic E-state index is 0.244. The highest BCUT2D eigenvalue weighted by atomic mass is 16.5. The molecule has 0 aliphatic heterocycles. The number of ether oxygens (including phenoxy) is 1. The summed E-state index contributed by atoms with van der Waals surface area (Å²) in [6, 6.07) is 14.6. The van der Waals surface area contributed by atoms with Crippen molar-refractivity contribution in [1.29, 1.82) is 0 Å². The second-order valence-corrected chi connectivity index (χ2v) is 5.43. The molecule has 3 rings (SSSR count). The van der Waals surface area contributed by atoms with E-state index in [2.05, 4.69) is 4.98 Å². The van der Waals surface area contributed by atoms with E-state index in [1.165, 1.54) is 12.2 Å². The zero-order chi connectivity index (χ0) is 17.6. The van der Waals surface area contributed by atoms with Gasteiger partial charge >= 0.3 is 5.97 Å². The summed E-state index contributed by atoms with van der Waals surface area (Å²) in [5, 5.41) is 0. The maximum atomic E-state index is 12.0. The number of fused-ring (bicyclic) bond motifs is 1. The largest absolute Gasteiger partial charge is 0.454 e. The molecule has 5 nitrogen and oxygen atoms in total. The van der Waals surface area contributed by atoms with E-state index in [9.17, 15) is 9.59 Å². The predicted octanol–water partition coefficient (Wildman–Crippen LogP) is 3.83. The number of aryl methyl sites for hydroxylation is 1. The first kappa shape index (κ1) is 16.6. The van der Waals surface area contributed by atoms with Gasteiger partial charge in [0.15, 0.2) is 18.0 Å². The van der Waals surface area contributed by atoms with Crippen molar-refractivity contribution in [3.8, 4) is 0 Å². The van der Waals surface area contributed by atoms with Crippen molar-refractivity contribution >= 4 is 28.9 Å². The van der Waals surface area contributed by atoms with Gasteiger partial charge in [-0.3, -0.25) is 4.79 Å². The number of aromatic nitrogens is 1. The molecule has 0 saturated heterocycles. The number of carbonyl (C=O) groups is 2. The number of esters is 1. The van der Waals surface area contributed by atoms with Gasteiger partial charge in [-0.15, -0.1) is 0 Å². The zero-order valence-electron chi connectivity index (χ0n) is 13.8. The van der Waals surface area contributed by atoms with Gasteiger partial charge < -0.3 is 9.15 Å². The summed E-state index contributed by atoms with van der Waals surface area (Å²) in [6.45, 7) is 1.74. The Hall–Kier alpha value is -3.21. The number of carbonyl (C=O) groups excluding carboxylic acids is 2. The number of oxazole rings is 1. The van der Waals surface area contributed by atoms with E-state index in [0.717, 1.165) is 12.0 Å². The third-order valence-electron chi connectivity index (χ3n) is 3.70. The molecule has 1 aromatic heterocycles. The molecule has 0 fully saturated rings. The quantitative estimate of drug-likeness (QED) is 0.389. The topological polar surface area (TPSA) is 69.4 Å². The van der Waals surface area contributed by atoms with Crippen LogP contribution in [0.5, 0.6) is 0 Å². The summed E-state index contributed by atoms with van der Waals surface area (Å²) >= 11 is 0. The van der Waals surface area contributed by atoms with Crippen LogP contribution in [0, 0.1) is 0 Å². The Morgan fingerprint density at radius 1 is 1.12 bits per heavy atom. The average Bonchev–Trinajstić information content (AvgIpc) is 3.07. The molecule has 0 aliphatic carbocycles. The number of para-hydroxylation sites is 2. The lowest BCUT2D eigenvalue weighted by Crippen LogP contribution is -2.12. The molecule has 2 aromatic carbocycles. The molecule has 0 atom stereocenters. The summed E-state index contributed by atoms with van der Waals surface area (Å²) in [5.74, 6) is -0.563. The highest BCUT2D eigenvalue weighted by Crippen LogP contribution is 2.15. The van der Waals surface area contributed by atoms with Gasteiger partial charge in [-0.1, -0.05) is 43.3 Å². The lowest BCUT2D eigenvalue weighted by molar-refractivity contribution is -0.136. The van der Waals surface area contributed by atoms with E-state index in [4.69, 9.17) is 9.15 Å². The first-order valence-corrected chi connectivity index (χ1v) is 7.98. The fourth-order valence-corrected chi connectivity index (χ4v) is 2.30. The molecule has 0 bridgehead atoms. The number of Topliss-reactive ketones (excluding diaryl/α,β-unsaturated/α-hetero) is 1. The Morgan fingerprint density at radius 2 is 1.88 bits per heavy atom. The van der Waals surface area contributed by atoms with E-state index in [1.54, 1.807) is 18.2 Å². The van der Waals surface area contributed by atoms with Crippen LogP contribution >= 0.6 is 0 Å². The average molecular weight is 335 g/mol. The van der Waals surface area contributed by atoms with Gasteiger partial charge in [-0.25, -0.2) is 9.78 Å². The highest BCUT2D eigenvalue weighted by Gasteiger charge is 2.09. The van der Waals surface area contributed by atoms with Crippen LogP contribution < -0.4 is 0 Å². The molecule has 3 aromatic rings. The van der Waals surface area contributed by atoms with Gasteiger partial charge in [0.1, 0.15) is 5.52 Å². The molecule has 5 heteroatoms. The van der Waals surface area contributed by atoms with Crippen LogP contribution in [0.3, 0.4) is 0 Å². The van der Waals surface area contributed by atoms with Crippen LogP contribution in [0.1, 0.15) is 28.7 Å². The molecule has 0 amide bonds. The Kier molecular flexibility index (Phi) is 5.04. The minimum atomic E-state index is -0.624. The second-order valence-electron chi connectivity index (χ2n) is 5.43. The maximum Gasteiger partial charge on any atom is 0.331 e. The molecular formula is C20H17NO4. The Balaban J connectivity index is 1.55. The van der Waals surface area contributed by atoms with Crippen LogP contribution in [0.25, 0.3) is 17.2 Å². The van der Waals surface area contributed by atoms with Crippen LogP contribution in [0.15, 0.2) is 59.0 Å². The third kappa shape index (κ3) is 4.20. The first-order chi connectivity index (χ1) is 12.2. The third-order valence-corrected chi connectivity index (χ3v) is 3.70. The molecule has 25 heavy (non-hydrogen) atoms.